The molecule has 0 aliphatic heterocycles. The molecule has 0 saturated heterocycles. The molecule has 0 saturated carbocycles. The van der Waals surface area contributed by atoms with Gasteiger partial charge in [0.25, 0.3) is 0 Å². The summed E-state index contributed by atoms with van der Waals surface area (Å²) in [6.07, 6.45) is 0. The van der Waals surface area contributed by atoms with E-state index in [4.69, 9.17) is 4.74 Å². The van der Waals surface area contributed by atoms with E-state index in [0.717, 1.165) is 10.8 Å². The molecule has 0 fully saturated rings. The lowest BCUT2D eigenvalue weighted by molar-refractivity contribution is -0.119. The van der Waals surface area contributed by atoms with Gasteiger partial charge in [0.05, 0.1) is 11.3 Å². The Bertz CT molecular complexity index is 636. The lowest BCUT2D eigenvalue weighted by Crippen LogP contribution is -2.19. The van der Waals surface area contributed by atoms with E-state index in [2.05, 4.69) is 5.32 Å². The molecule has 1 amide bonds. The monoisotopic (exact) mass is 259 g/mol. The Morgan fingerprint density at radius 1 is 1.21 bits per heavy atom. The van der Waals surface area contributed by atoms with Crippen molar-refractivity contribution in [1.29, 1.82) is 0 Å². The van der Waals surface area contributed by atoms with Gasteiger partial charge in [-0.3, -0.25) is 4.79 Å². The summed E-state index contributed by atoms with van der Waals surface area (Å²) in [5.41, 5.74) is 0.330. The fourth-order valence-corrected chi connectivity index (χ4v) is 1.84. The van der Waals surface area contributed by atoms with E-state index in [1.165, 1.54) is 7.11 Å². The third-order valence-electron chi connectivity index (χ3n) is 2.67. The van der Waals surface area contributed by atoms with Gasteiger partial charge in [-0.15, -0.1) is 0 Å². The number of carbonyl (C=O) groups is 2. The average Bonchev–Trinajstić information content (AvgIpc) is 2.38. The Balaban J connectivity index is 2.47. The van der Waals surface area contributed by atoms with Crippen molar-refractivity contribution in [3.05, 3.63) is 42.0 Å². The second-order valence-corrected chi connectivity index (χ2v) is 4.03. The van der Waals surface area contributed by atoms with Crippen LogP contribution in [0.5, 0.6) is 0 Å². The number of rotatable bonds is 4. The van der Waals surface area contributed by atoms with Crippen LogP contribution < -0.4 is 5.32 Å². The molecule has 0 aromatic heterocycles. The summed E-state index contributed by atoms with van der Waals surface area (Å²) in [5, 5.41) is 13.4. The first-order valence-corrected chi connectivity index (χ1v) is 5.66. The highest BCUT2D eigenvalue weighted by molar-refractivity contribution is 6.05. The van der Waals surface area contributed by atoms with Crippen LogP contribution in [0.15, 0.2) is 36.4 Å². The van der Waals surface area contributed by atoms with E-state index in [1.807, 2.05) is 24.3 Å². The van der Waals surface area contributed by atoms with Crippen molar-refractivity contribution in [2.24, 2.45) is 0 Å². The normalized spacial score (nSPS) is 10.4. The first-order valence-electron chi connectivity index (χ1n) is 5.66. The van der Waals surface area contributed by atoms with Gasteiger partial charge in [-0.2, -0.15) is 0 Å². The van der Waals surface area contributed by atoms with Crippen LogP contribution in [0, 0.1) is 0 Å². The first kappa shape index (κ1) is 13.0. The van der Waals surface area contributed by atoms with E-state index < -0.39 is 5.97 Å². The van der Waals surface area contributed by atoms with Crippen molar-refractivity contribution in [1.82, 2.24) is 0 Å². The van der Waals surface area contributed by atoms with Gasteiger partial charge in [0.1, 0.15) is 6.61 Å². The SMILES string of the molecule is COCC(=O)Nc1cc2ccccc2cc1C(=O)O. The molecule has 0 aliphatic carbocycles. The highest BCUT2D eigenvalue weighted by Crippen LogP contribution is 2.24. The number of amides is 1. The Labute approximate surface area is 109 Å². The van der Waals surface area contributed by atoms with Gasteiger partial charge in [0.15, 0.2) is 0 Å². The van der Waals surface area contributed by atoms with Gasteiger partial charge in [-0.1, -0.05) is 24.3 Å². The van der Waals surface area contributed by atoms with Gasteiger partial charge < -0.3 is 15.2 Å². The van der Waals surface area contributed by atoms with Gasteiger partial charge in [0.2, 0.25) is 5.91 Å². The summed E-state index contributed by atoms with van der Waals surface area (Å²) >= 11 is 0. The molecule has 2 N–H and O–H groups in total. The Hall–Kier alpha value is -2.40. The van der Waals surface area contributed by atoms with Crippen molar-refractivity contribution < 1.29 is 19.4 Å². The number of carboxylic acids is 1. The molecule has 98 valence electrons. The van der Waals surface area contributed by atoms with Crippen molar-refractivity contribution in [2.75, 3.05) is 19.0 Å². The van der Waals surface area contributed by atoms with Gasteiger partial charge in [-0.05, 0) is 22.9 Å². The molecule has 5 heteroatoms. The zero-order valence-corrected chi connectivity index (χ0v) is 10.3. The summed E-state index contributed by atoms with van der Waals surface area (Å²) < 4.78 is 4.70. The third kappa shape index (κ3) is 2.89. The smallest absolute Gasteiger partial charge is 0.337 e. The Morgan fingerprint density at radius 3 is 2.42 bits per heavy atom. The van der Waals surface area contributed by atoms with Crippen LogP contribution in [0.1, 0.15) is 10.4 Å². The largest absolute Gasteiger partial charge is 0.478 e. The molecule has 2 aromatic rings. The Kier molecular flexibility index (Phi) is 3.77. The number of hydrogen-bond donors (Lipinski definition) is 2. The van der Waals surface area contributed by atoms with E-state index in [1.54, 1.807) is 12.1 Å². The molecule has 2 rings (SSSR count). The molecule has 19 heavy (non-hydrogen) atoms. The predicted octanol–water partition coefficient (Wildman–Crippen LogP) is 2.12. The number of ether oxygens (including phenoxy) is 1. The molecule has 0 spiro atoms. The Morgan fingerprint density at radius 2 is 1.84 bits per heavy atom. The van der Waals surface area contributed by atoms with Crippen molar-refractivity contribution in [3.63, 3.8) is 0 Å². The minimum absolute atomic E-state index is 0.0585. The van der Waals surface area contributed by atoms with E-state index in [-0.39, 0.29) is 23.8 Å². The number of fused-ring (bicyclic) bond motifs is 1. The molecular weight excluding hydrogens is 246 g/mol. The van der Waals surface area contributed by atoms with E-state index >= 15 is 0 Å². The number of hydrogen-bond acceptors (Lipinski definition) is 3. The summed E-state index contributed by atoms with van der Waals surface area (Å²) in [5.74, 6) is -1.47. The lowest BCUT2D eigenvalue weighted by atomic mass is 10.0. The van der Waals surface area contributed by atoms with Crippen LogP contribution in [0.4, 0.5) is 5.69 Å². The molecule has 0 unspecified atom stereocenters. The molecule has 2 aromatic carbocycles. The number of carbonyl (C=O) groups excluding carboxylic acids is 1. The summed E-state index contributed by atoms with van der Waals surface area (Å²) in [6.45, 7) is -0.119. The maximum atomic E-state index is 11.5. The highest BCUT2D eigenvalue weighted by Gasteiger charge is 2.13. The summed E-state index contributed by atoms with van der Waals surface area (Å²) in [4.78, 5) is 22.7. The molecule has 5 nitrogen and oxygen atoms in total. The quantitative estimate of drug-likeness (QED) is 0.881. The first-order chi connectivity index (χ1) is 9.11. The number of nitrogens with one attached hydrogen (secondary N) is 1. The van der Waals surface area contributed by atoms with Gasteiger partial charge in [-0.25, -0.2) is 4.79 Å². The zero-order chi connectivity index (χ0) is 13.8. The number of benzene rings is 2. The van der Waals surface area contributed by atoms with Crippen LogP contribution in [0.3, 0.4) is 0 Å². The predicted molar refractivity (Wildman–Crippen MR) is 71.4 cm³/mol. The molecule has 0 aliphatic rings. The minimum Gasteiger partial charge on any atom is -0.478 e. The van der Waals surface area contributed by atoms with Gasteiger partial charge >= 0.3 is 5.97 Å². The number of anilines is 1. The number of methoxy groups -OCH3 is 1. The minimum atomic E-state index is -1.08. The van der Waals surface area contributed by atoms with Crippen molar-refractivity contribution >= 4 is 28.3 Å². The van der Waals surface area contributed by atoms with E-state index in [9.17, 15) is 14.7 Å². The molecule has 0 heterocycles. The fourth-order valence-electron chi connectivity index (χ4n) is 1.84. The topological polar surface area (TPSA) is 75.6 Å². The van der Waals surface area contributed by atoms with Crippen LogP contribution in [0.2, 0.25) is 0 Å². The zero-order valence-electron chi connectivity index (χ0n) is 10.3. The number of carboxylic acid groups (broad SMARTS) is 1. The lowest BCUT2D eigenvalue weighted by Gasteiger charge is -2.10. The maximum absolute atomic E-state index is 11.5. The van der Waals surface area contributed by atoms with Gasteiger partial charge in [0, 0.05) is 7.11 Å². The van der Waals surface area contributed by atoms with Crippen LogP contribution in [0.25, 0.3) is 10.8 Å². The third-order valence-corrected chi connectivity index (χ3v) is 2.67. The second-order valence-electron chi connectivity index (χ2n) is 4.03. The van der Waals surface area contributed by atoms with Crippen molar-refractivity contribution in [2.45, 2.75) is 0 Å². The van der Waals surface area contributed by atoms with Crippen LogP contribution in [-0.4, -0.2) is 30.7 Å². The second kappa shape index (κ2) is 5.49. The fraction of sp³-hybridized carbons (Fsp3) is 0.143. The van der Waals surface area contributed by atoms with Crippen LogP contribution in [-0.2, 0) is 9.53 Å². The van der Waals surface area contributed by atoms with Crippen LogP contribution >= 0.6 is 0 Å². The molecule has 0 atom stereocenters. The molecule has 0 bridgehead atoms. The molecular formula is C14H13NO4. The summed E-state index contributed by atoms with van der Waals surface area (Å²) in [7, 11) is 1.40. The van der Waals surface area contributed by atoms with Crippen molar-refractivity contribution in [3.8, 4) is 0 Å². The number of aromatic carboxylic acids is 1. The summed E-state index contributed by atoms with van der Waals surface area (Å²) in [6, 6.07) is 10.5. The average molecular weight is 259 g/mol. The molecule has 0 radical (unpaired) electrons. The maximum Gasteiger partial charge on any atom is 0.337 e. The van der Waals surface area contributed by atoms with E-state index in [0.29, 0.717) is 0 Å². The highest BCUT2D eigenvalue weighted by atomic mass is 16.5. The standard InChI is InChI=1S/C14H13NO4/c1-19-8-13(16)15-12-7-10-5-3-2-4-9(10)6-11(12)14(17)18/h2-7H,8H2,1H3,(H,15,16)(H,17,18).